The molecule has 0 aromatic heterocycles. The third-order valence-corrected chi connectivity index (χ3v) is 2.40. The van der Waals surface area contributed by atoms with Crippen molar-refractivity contribution in [1.82, 2.24) is 5.32 Å². The van der Waals surface area contributed by atoms with E-state index in [1.165, 1.54) is 6.92 Å². The minimum absolute atomic E-state index is 0.116. The van der Waals surface area contributed by atoms with Gasteiger partial charge in [-0.1, -0.05) is 0 Å². The van der Waals surface area contributed by atoms with Crippen LogP contribution in [0.2, 0.25) is 0 Å². The molecule has 1 aliphatic rings. The first-order valence-corrected chi connectivity index (χ1v) is 5.31. The first-order valence-electron chi connectivity index (χ1n) is 5.31. The summed E-state index contributed by atoms with van der Waals surface area (Å²) in [7, 11) is 0. The number of ether oxygens (including phenoxy) is 2. The lowest BCUT2D eigenvalue weighted by atomic mass is 10.1. The van der Waals surface area contributed by atoms with Crippen LogP contribution in [0.15, 0.2) is 0 Å². The molecule has 0 aliphatic carbocycles. The average Bonchev–Trinajstić information content (AvgIpc) is 2.27. The number of carboxylic acids is 1. The molecule has 6 nitrogen and oxygen atoms in total. The van der Waals surface area contributed by atoms with Crippen LogP contribution in [0.3, 0.4) is 0 Å². The summed E-state index contributed by atoms with van der Waals surface area (Å²) in [6, 6.07) is 0.116. The fourth-order valence-corrected chi connectivity index (χ4v) is 1.38. The zero-order chi connectivity index (χ0) is 12.0. The molecule has 0 saturated carbocycles. The summed E-state index contributed by atoms with van der Waals surface area (Å²) < 4.78 is 10.0. The summed E-state index contributed by atoms with van der Waals surface area (Å²) in [5.41, 5.74) is 0. The van der Waals surface area contributed by atoms with Crippen LogP contribution in [0.5, 0.6) is 0 Å². The van der Waals surface area contributed by atoms with Gasteiger partial charge in [-0.3, -0.25) is 4.79 Å². The second-order valence-electron chi connectivity index (χ2n) is 3.75. The van der Waals surface area contributed by atoms with Crippen molar-refractivity contribution in [3.63, 3.8) is 0 Å². The van der Waals surface area contributed by atoms with Crippen LogP contribution in [0.1, 0.15) is 19.8 Å². The Kier molecular flexibility index (Phi) is 5.21. The molecule has 92 valence electrons. The van der Waals surface area contributed by atoms with Gasteiger partial charge in [-0.2, -0.15) is 0 Å². The van der Waals surface area contributed by atoms with Gasteiger partial charge in [0.1, 0.15) is 6.61 Å². The lowest BCUT2D eigenvalue weighted by Gasteiger charge is -2.23. The summed E-state index contributed by atoms with van der Waals surface area (Å²) >= 11 is 0. The number of nitrogens with one attached hydrogen (secondary N) is 1. The maximum atomic E-state index is 11.4. The monoisotopic (exact) mass is 231 g/mol. The van der Waals surface area contributed by atoms with E-state index >= 15 is 0 Å². The molecule has 0 bridgehead atoms. The molecule has 1 atom stereocenters. The van der Waals surface area contributed by atoms with Gasteiger partial charge in [-0.15, -0.1) is 0 Å². The minimum Gasteiger partial charge on any atom is -0.479 e. The smallest absolute Gasteiger partial charge is 0.332 e. The van der Waals surface area contributed by atoms with Crippen molar-refractivity contribution in [2.45, 2.75) is 31.9 Å². The summed E-state index contributed by atoms with van der Waals surface area (Å²) in [5.74, 6) is -1.35. The lowest BCUT2D eigenvalue weighted by Crippen LogP contribution is -2.41. The molecule has 6 heteroatoms. The highest BCUT2D eigenvalue weighted by Crippen LogP contribution is 2.05. The molecular formula is C10H17NO5. The Morgan fingerprint density at radius 3 is 2.69 bits per heavy atom. The molecule has 0 radical (unpaired) electrons. The lowest BCUT2D eigenvalue weighted by molar-refractivity contribution is -0.151. The van der Waals surface area contributed by atoms with Crippen LogP contribution in [0.4, 0.5) is 0 Å². The van der Waals surface area contributed by atoms with Crippen LogP contribution in [0.25, 0.3) is 0 Å². The second-order valence-corrected chi connectivity index (χ2v) is 3.75. The Bertz CT molecular complexity index is 250. The topological polar surface area (TPSA) is 84.9 Å². The largest absolute Gasteiger partial charge is 0.479 e. The molecule has 0 aromatic carbocycles. The molecule has 2 N–H and O–H groups in total. The minimum atomic E-state index is -1.07. The molecule has 1 rings (SSSR count). The SMILES string of the molecule is C[C@H](OCC(=O)NC1CCOCC1)C(=O)O. The Morgan fingerprint density at radius 2 is 2.12 bits per heavy atom. The molecule has 1 fully saturated rings. The van der Waals surface area contributed by atoms with E-state index in [4.69, 9.17) is 14.6 Å². The number of hydrogen-bond acceptors (Lipinski definition) is 4. The molecular weight excluding hydrogens is 214 g/mol. The Labute approximate surface area is 93.9 Å². The van der Waals surface area contributed by atoms with E-state index in [9.17, 15) is 9.59 Å². The predicted octanol–water partition coefficient (Wildman–Crippen LogP) is -0.229. The van der Waals surface area contributed by atoms with E-state index < -0.39 is 12.1 Å². The van der Waals surface area contributed by atoms with Crippen LogP contribution in [0, 0.1) is 0 Å². The first-order chi connectivity index (χ1) is 7.59. The Hall–Kier alpha value is -1.14. The number of rotatable bonds is 5. The highest BCUT2D eigenvalue weighted by molar-refractivity contribution is 5.78. The van der Waals surface area contributed by atoms with Crippen molar-refractivity contribution in [2.75, 3.05) is 19.8 Å². The van der Waals surface area contributed by atoms with Crippen molar-refractivity contribution in [2.24, 2.45) is 0 Å². The van der Waals surface area contributed by atoms with Gasteiger partial charge in [0.05, 0.1) is 0 Å². The Balaban J connectivity index is 2.17. The van der Waals surface area contributed by atoms with Crippen LogP contribution < -0.4 is 5.32 Å². The maximum Gasteiger partial charge on any atom is 0.332 e. The highest BCUT2D eigenvalue weighted by Gasteiger charge is 2.18. The molecule has 1 heterocycles. The number of aliphatic carboxylic acids is 1. The normalized spacial score (nSPS) is 19.1. The molecule has 0 spiro atoms. The van der Waals surface area contributed by atoms with Gasteiger partial charge in [0.2, 0.25) is 5.91 Å². The van der Waals surface area contributed by atoms with E-state index in [0.29, 0.717) is 13.2 Å². The zero-order valence-corrected chi connectivity index (χ0v) is 9.27. The number of hydrogen-bond donors (Lipinski definition) is 2. The predicted molar refractivity (Wildman–Crippen MR) is 55.0 cm³/mol. The zero-order valence-electron chi connectivity index (χ0n) is 9.27. The fraction of sp³-hybridized carbons (Fsp3) is 0.800. The average molecular weight is 231 g/mol. The number of carbonyl (C=O) groups is 2. The number of carboxylic acid groups (broad SMARTS) is 1. The van der Waals surface area contributed by atoms with Gasteiger partial charge >= 0.3 is 5.97 Å². The highest BCUT2D eigenvalue weighted by atomic mass is 16.5. The first kappa shape index (κ1) is 12.9. The maximum absolute atomic E-state index is 11.4. The van der Waals surface area contributed by atoms with E-state index in [-0.39, 0.29) is 18.6 Å². The quantitative estimate of drug-likeness (QED) is 0.682. The number of carbonyl (C=O) groups excluding carboxylic acids is 1. The van der Waals surface area contributed by atoms with Crippen molar-refractivity contribution in [1.29, 1.82) is 0 Å². The van der Waals surface area contributed by atoms with Gasteiger partial charge in [0, 0.05) is 19.3 Å². The van der Waals surface area contributed by atoms with Crippen LogP contribution in [-0.2, 0) is 19.1 Å². The molecule has 1 saturated heterocycles. The van der Waals surface area contributed by atoms with Crippen LogP contribution in [-0.4, -0.2) is 48.9 Å². The van der Waals surface area contributed by atoms with Crippen molar-refractivity contribution < 1.29 is 24.2 Å². The molecule has 0 unspecified atom stereocenters. The summed E-state index contributed by atoms with van der Waals surface area (Å²) in [5, 5.41) is 11.3. The van der Waals surface area contributed by atoms with Gasteiger partial charge in [-0.25, -0.2) is 4.79 Å². The molecule has 0 aromatic rings. The third kappa shape index (κ3) is 4.59. The third-order valence-electron chi connectivity index (χ3n) is 2.40. The van der Waals surface area contributed by atoms with Gasteiger partial charge in [-0.05, 0) is 19.8 Å². The summed E-state index contributed by atoms with van der Waals surface area (Å²) in [6.07, 6.45) is 0.626. The fourth-order valence-electron chi connectivity index (χ4n) is 1.38. The van der Waals surface area contributed by atoms with Gasteiger partial charge in [0.25, 0.3) is 0 Å². The van der Waals surface area contributed by atoms with Crippen molar-refractivity contribution in [3.05, 3.63) is 0 Å². The number of amides is 1. The van der Waals surface area contributed by atoms with E-state index in [1.54, 1.807) is 0 Å². The summed E-state index contributed by atoms with van der Waals surface area (Å²) in [4.78, 5) is 21.8. The van der Waals surface area contributed by atoms with E-state index in [1.807, 2.05) is 0 Å². The van der Waals surface area contributed by atoms with Crippen LogP contribution >= 0.6 is 0 Å². The van der Waals surface area contributed by atoms with Gasteiger partial charge in [0.15, 0.2) is 6.10 Å². The standard InChI is InChI=1S/C10H17NO5/c1-7(10(13)14)16-6-9(12)11-8-2-4-15-5-3-8/h7-8H,2-6H2,1H3,(H,11,12)(H,13,14)/t7-/m0/s1. The Morgan fingerprint density at radius 1 is 1.50 bits per heavy atom. The summed E-state index contributed by atoms with van der Waals surface area (Å²) in [6.45, 7) is 2.48. The molecule has 16 heavy (non-hydrogen) atoms. The van der Waals surface area contributed by atoms with E-state index in [0.717, 1.165) is 12.8 Å². The van der Waals surface area contributed by atoms with Crippen molar-refractivity contribution >= 4 is 11.9 Å². The second kappa shape index (κ2) is 6.44. The van der Waals surface area contributed by atoms with E-state index in [2.05, 4.69) is 5.32 Å². The molecule has 1 aliphatic heterocycles. The molecule has 1 amide bonds. The van der Waals surface area contributed by atoms with Gasteiger partial charge < -0.3 is 19.9 Å². The van der Waals surface area contributed by atoms with Crippen molar-refractivity contribution in [3.8, 4) is 0 Å².